The largest absolute Gasteiger partial charge is 0.368 e. The number of hydrogen-bond donors (Lipinski definition) is 1. The van der Waals surface area contributed by atoms with Gasteiger partial charge < -0.3 is 10.2 Å². The maximum Gasteiger partial charge on any atom is 0.221 e. The first-order valence-corrected chi connectivity index (χ1v) is 5.80. The summed E-state index contributed by atoms with van der Waals surface area (Å²) in [4.78, 5) is 13.3. The molecular weight excluding hydrogens is 238 g/mol. The van der Waals surface area contributed by atoms with Crippen molar-refractivity contribution in [3.63, 3.8) is 0 Å². The highest BCUT2D eigenvalue weighted by molar-refractivity contribution is 6.30. The first kappa shape index (κ1) is 11.7. The number of rotatable bonds is 1. The second-order valence-corrected chi connectivity index (χ2v) is 4.30. The molecule has 1 aliphatic heterocycles. The van der Waals surface area contributed by atoms with Crippen molar-refractivity contribution in [3.05, 3.63) is 28.8 Å². The van der Waals surface area contributed by atoms with Gasteiger partial charge in [-0.2, -0.15) is 5.26 Å². The van der Waals surface area contributed by atoms with Crippen LogP contribution in [-0.2, 0) is 4.79 Å². The van der Waals surface area contributed by atoms with E-state index in [1.54, 1.807) is 12.1 Å². The van der Waals surface area contributed by atoms with Crippen molar-refractivity contribution in [1.29, 1.82) is 5.26 Å². The van der Waals surface area contributed by atoms with E-state index < -0.39 is 0 Å². The van der Waals surface area contributed by atoms with Crippen LogP contribution in [0.4, 0.5) is 5.69 Å². The number of carbonyl (C=O) groups excluding carboxylic acids is 1. The predicted octanol–water partition coefficient (Wildman–Crippen LogP) is 1.54. The van der Waals surface area contributed by atoms with Gasteiger partial charge in [-0.05, 0) is 18.2 Å². The van der Waals surface area contributed by atoms with Gasteiger partial charge in [-0.3, -0.25) is 4.79 Å². The lowest BCUT2D eigenvalue weighted by molar-refractivity contribution is -0.120. The second kappa shape index (κ2) is 5.07. The predicted molar refractivity (Wildman–Crippen MR) is 66.0 cm³/mol. The molecule has 5 heteroatoms. The molecule has 0 atom stereocenters. The van der Waals surface area contributed by atoms with E-state index in [4.69, 9.17) is 16.9 Å². The van der Waals surface area contributed by atoms with Crippen LogP contribution in [0.1, 0.15) is 12.0 Å². The van der Waals surface area contributed by atoms with Crippen LogP contribution in [0.25, 0.3) is 0 Å². The first-order chi connectivity index (χ1) is 8.20. The molecule has 17 heavy (non-hydrogen) atoms. The maximum absolute atomic E-state index is 11.2. The number of nitriles is 1. The lowest BCUT2D eigenvalue weighted by Gasteiger charge is -2.22. The lowest BCUT2D eigenvalue weighted by atomic mass is 10.1. The fourth-order valence-corrected chi connectivity index (χ4v) is 2.05. The third-order valence-electron chi connectivity index (χ3n) is 2.73. The van der Waals surface area contributed by atoms with Crippen LogP contribution in [0.5, 0.6) is 0 Å². The van der Waals surface area contributed by atoms with Crippen LogP contribution < -0.4 is 10.2 Å². The van der Waals surface area contributed by atoms with Gasteiger partial charge in [0.15, 0.2) is 0 Å². The molecular formula is C12H12ClN3O. The summed E-state index contributed by atoms with van der Waals surface area (Å²) in [6.07, 6.45) is 0.452. The fraction of sp³-hybridized carbons (Fsp3) is 0.333. The topological polar surface area (TPSA) is 56.1 Å². The minimum absolute atomic E-state index is 0.0555. The number of benzene rings is 1. The lowest BCUT2D eigenvalue weighted by Crippen LogP contribution is -2.28. The zero-order valence-corrected chi connectivity index (χ0v) is 10.00. The van der Waals surface area contributed by atoms with E-state index in [-0.39, 0.29) is 5.91 Å². The van der Waals surface area contributed by atoms with E-state index >= 15 is 0 Å². The average Bonchev–Trinajstić information content (AvgIpc) is 2.54. The van der Waals surface area contributed by atoms with Crippen molar-refractivity contribution in [1.82, 2.24) is 5.32 Å². The molecule has 0 unspecified atom stereocenters. The summed E-state index contributed by atoms with van der Waals surface area (Å²) in [6, 6.07) is 7.38. The fourth-order valence-electron chi connectivity index (χ4n) is 1.88. The van der Waals surface area contributed by atoms with Gasteiger partial charge >= 0.3 is 0 Å². The van der Waals surface area contributed by atoms with Crippen LogP contribution in [0.3, 0.4) is 0 Å². The number of amides is 1. The molecule has 1 amide bonds. The van der Waals surface area contributed by atoms with Gasteiger partial charge in [0, 0.05) is 31.1 Å². The Morgan fingerprint density at radius 1 is 1.41 bits per heavy atom. The molecule has 1 heterocycles. The highest BCUT2D eigenvalue weighted by Crippen LogP contribution is 2.24. The van der Waals surface area contributed by atoms with E-state index in [1.165, 1.54) is 0 Å². The molecule has 1 aromatic rings. The molecule has 0 bridgehead atoms. The molecule has 0 aromatic heterocycles. The zero-order chi connectivity index (χ0) is 12.3. The van der Waals surface area contributed by atoms with Gasteiger partial charge in [0.1, 0.15) is 6.07 Å². The first-order valence-electron chi connectivity index (χ1n) is 5.42. The summed E-state index contributed by atoms with van der Waals surface area (Å²) in [5, 5.41) is 12.4. The molecule has 0 spiro atoms. The summed E-state index contributed by atoms with van der Waals surface area (Å²) < 4.78 is 0. The van der Waals surface area contributed by atoms with E-state index in [2.05, 4.69) is 11.4 Å². The second-order valence-electron chi connectivity index (χ2n) is 3.86. The molecule has 0 aliphatic carbocycles. The normalized spacial score (nSPS) is 16.0. The van der Waals surface area contributed by atoms with E-state index in [0.717, 1.165) is 5.69 Å². The molecule has 1 N–H and O–H groups in total. The molecule has 0 saturated carbocycles. The highest BCUT2D eigenvalue weighted by Gasteiger charge is 2.16. The van der Waals surface area contributed by atoms with Gasteiger partial charge in [-0.1, -0.05) is 11.6 Å². The van der Waals surface area contributed by atoms with Crippen LogP contribution in [-0.4, -0.2) is 25.5 Å². The Morgan fingerprint density at radius 3 is 3.00 bits per heavy atom. The van der Waals surface area contributed by atoms with Crippen molar-refractivity contribution in [2.24, 2.45) is 0 Å². The molecule has 0 radical (unpaired) electrons. The van der Waals surface area contributed by atoms with Gasteiger partial charge in [-0.15, -0.1) is 0 Å². The Balaban J connectivity index is 2.27. The molecule has 4 nitrogen and oxygen atoms in total. The van der Waals surface area contributed by atoms with Crippen molar-refractivity contribution in [3.8, 4) is 6.07 Å². The summed E-state index contributed by atoms with van der Waals surface area (Å²) in [5.74, 6) is 0.0555. The van der Waals surface area contributed by atoms with Crippen LogP contribution in [0.2, 0.25) is 5.02 Å². The molecule has 1 saturated heterocycles. The quantitative estimate of drug-likeness (QED) is 0.821. The third kappa shape index (κ3) is 2.69. The van der Waals surface area contributed by atoms with Crippen LogP contribution in [0, 0.1) is 11.3 Å². The Hall–Kier alpha value is -1.73. The Labute approximate surface area is 105 Å². The number of nitrogens with zero attached hydrogens (tertiary/aromatic N) is 2. The van der Waals surface area contributed by atoms with Crippen molar-refractivity contribution in [2.45, 2.75) is 6.42 Å². The number of carbonyl (C=O) groups is 1. The third-order valence-corrected chi connectivity index (χ3v) is 2.97. The monoisotopic (exact) mass is 249 g/mol. The Morgan fingerprint density at radius 2 is 2.24 bits per heavy atom. The van der Waals surface area contributed by atoms with E-state index in [0.29, 0.717) is 36.6 Å². The molecule has 1 fully saturated rings. The Bertz CT molecular complexity index is 481. The highest BCUT2D eigenvalue weighted by atomic mass is 35.5. The summed E-state index contributed by atoms with van der Waals surface area (Å²) in [5.41, 5.74) is 1.39. The van der Waals surface area contributed by atoms with E-state index in [9.17, 15) is 4.79 Å². The van der Waals surface area contributed by atoms with Crippen molar-refractivity contribution >= 4 is 23.2 Å². The molecule has 1 aliphatic rings. The van der Waals surface area contributed by atoms with Gasteiger partial charge in [0.25, 0.3) is 0 Å². The summed E-state index contributed by atoms with van der Waals surface area (Å²) in [6.45, 7) is 1.94. The van der Waals surface area contributed by atoms with Gasteiger partial charge in [0.2, 0.25) is 5.91 Å². The van der Waals surface area contributed by atoms with E-state index in [1.807, 2.05) is 11.0 Å². The number of hydrogen-bond acceptors (Lipinski definition) is 3. The minimum atomic E-state index is 0.0555. The number of anilines is 1. The van der Waals surface area contributed by atoms with Crippen molar-refractivity contribution in [2.75, 3.05) is 24.5 Å². The standard InChI is InChI=1S/C12H12ClN3O/c13-10-1-2-11(9(7-10)8-14)16-5-3-12(17)15-4-6-16/h1-2,7H,3-6H2,(H,15,17). The zero-order valence-electron chi connectivity index (χ0n) is 9.24. The van der Waals surface area contributed by atoms with Gasteiger partial charge in [0.05, 0.1) is 11.3 Å². The minimum Gasteiger partial charge on any atom is -0.368 e. The van der Waals surface area contributed by atoms with Gasteiger partial charge in [-0.25, -0.2) is 0 Å². The smallest absolute Gasteiger partial charge is 0.221 e. The maximum atomic E-state index is 11.2. The van der Waals surface area contributed by atoms with Crippen LogP contribution >= 0.6 is 11.6 Å². The summed E-state index contributed by atoms with van der Waals surface area (Å²) in [7, 11) is 0. The Kier molecular flexibility index (Phi) is 3.50. The SMILES string of the molecule is N#Cc1cc(Cl)ccc1N1CCNC(=O)CC1. The molecule has 1 aromatic carbocycles. The summed E-state index contributed by atoms with van der Waals surface area (Å²) >= 11 is 5.85. The van der Waals surface area contributed by atoms with Crippen molar-refractivity contribution < 1.29 is 4.79 Å². The number of nitrogens with one attached hydrogen (secondary N) is 1. The number of halogens is 1. The van der Waals surface area contributed by atoms with Crippen LogP contribution in [0.15, 0.2) is 18.2 Å². The average molecular weight is 250 g/mol. The molecule has 2 rings (SSSR count). The molecule has 88 valence electrons.